The van der Waals surface area contributed by atoms with Gasteiger partial charge < -0.3 is 10.6 Å². The van der Waals surface area contributed by atoms with Crippen LogP contribution >= 0.6 is 0 Å². The number of pyridine rings is 1. The van der Waals surface area contributed by atoms with Crippen molar-refractivity contribution >= 4 is 11.6 Å². The summed E-state index contributed by atoms with van der Waals surface area (Å²) in [6.07, 6.45) is 4.24. The van der Waals surface area contributed by atoms with E-state index in [1.165, 1.54) is 0 Å². The van der Waals surface area contributed by atoms with E-state index in [1.807, 2.05) is 16.8 Å². The predicted octanol–water partition coefficient (Wildman–Crippen LogP) is 1.21. The Morgan fingerprint density at radius 3 is 2.83 bits per heavy atom. The molecule has 0 spiro atoms. The smallest absolute Gasteiger partial charge is 0.245 e. The molecule has 0 unspecified atom stereocenters. The second-order valence-corrected chi connectivity index (χ2v) is 5.04. The fourth-order valence-electron chi connectivity index (χ4n) is 2.53. The van der Waals surface area contributed by atoms with Crippen LogP contribution in [0.2, 0.25) is 0 Å². The lowest BCUT2D eigenvalue weighted by Gasteiger charge is -2.30. The maximum absolute atomic E-state index is 5.71. The highest BCUT2D eigenvalue weighted by Gasteiger charge is 2.21. The summed E-state index contributed by atoms with van der Waals surface area (Å²) in [5.41, 5.74) is 7.83. The van der Waals surface area contributed by atoms with Gasteiger partial charge in [-0.05, 0) is 43.9 Å². The molecule has 2 N–H and O–H groups in total. The lowest BCUT2D eigenvalue weighted by Crippen LogP contribution is -2.36. The van der Waals surface area contributed by atoms with E-state index in [2.05, 4.69) is 28.0 Å². The topological polar surface area (TPSA) is 59.5 Å². The molecule has 0 amide bonds. The molecular formula is C13H19N5. The molecule has 2 aromatic heterocycles. The van der Waals surface area contributed by atoms with Gasteiger partial charge in [-0.15, -0.1) is 5.10 Å². The van der Waals surface area contributed by atoms with Crippen molar-refractivity contribution in [3.05, 3.63) is 23.9 Å². The number of nitrogens with zero attached hydrogens (tertiary/aromatic N) is 4. The summed E-state index contributed by atoms with van der Waals surface area (Å²) in [6.45, 7) is 4.88. The number of fused-ring (bicyclic) bond motifs is 1. The second kappa shape index (κ2) is 4.57. The van der Waals surface area contributed by atoms with Gasteiger partial charge in [0.1, 0.15) is 0 Å². The molecule has 1 saturated heterocycles. The molecule has 2 aromatic rings. The first kappa shape index (κ1) is 11.5. The van der Waals surface area contributed by atoms with Crippen LogP contribution < -0.4 is 10.6 Å². The van der Waals surface area contributed by atoms with Crippen molar-refractivity contribution in [1.82, 2.24) is 14.6 Å². The van der Waals surface area contributed by atoms with E-state index in [4.69, 9.17) is 5.73 Å². The molecule has 3 heterocycles. The van der Waals surface area contributed by atoms with E-state index >= 15 is 0 Å². The van der Waals surface area contributed by atoms with Gasteiger partial charge >= 0.3 is 0 Å². The third kappa shape index (κ3) is 1.95. The number of hydrogen-bond acceptors (Lipinski definition) is 4. The molecule has 0 saturated carbocycles. The van der Waals surface area contributed by atoms with Crippen LogP contribution in [0.5, 0.6) is 0 Å². The van der Waals surface area contributed by atoms with Crippen LogP contribution in [0.1, 0.15) is 18.4 Å². The zero-order chi connectivity index (χ0) is 12.5. The molecule has 0 bridgehead atoms. The van der Waals surface area contributed by atoms with Gasteiger partial charge in [0.05, 0.1) is 0 Å². The van der Waals surface area contributed by atoms with Crippen LogP contribution in [-0.4, -0.2) is 34.2 Å². The van der Waals surface area contributed by atoms with Crippen LogP contribution in [0, 0.1) is 12.8 Å². The molecule has 1 aliphatic rings. The Labute approximate surface area is 107 Å². The first-order chi connectivity index (χ1) is 8.78. The van der Waals surface area contributed by atoms with Crippen LogP contribution in [0.4, 0.5) is 5.95 Å². The highest BCUT2D eigenvalue weighted by atomic mass is 15.4. The minimum absolute atomic E-state index is 0.667. The molecule has 18 heavy (non-hydrogen) atoms. The van der Waals surface area contributed by atoms with Gasteiger partial charge in [-0.25, -0.2) is 4.52 Å². The van der Waals surface area contributed by atoms with E-state index in [0.29, 0.717) is 5.92 Å². The van der Waals surface area contributed by atoms with Gasteiger partial charge in [-0.3, -0.25) is 0 Å². The maximum atomic E-state index is 5.71. The SMILES string of the molecule is Cc1cccn2nc(N3CCC(CN)CC3)nc12. The molecule has 0 aliphatic carbocycles. The number of aryl methyl sites for hydroxylation is 1. The van der Waals surface area contributed by atoms with Gasteiger partial charge in [0.25, 0.3) is 0 Å². The molecule has 96 valence electrons. The van der Waals surface area contributed by atoms with Crippen molar-refractivity contribution in [3.8, 4) is 0 Å². The number of nitrogens with two attached hydrogens (primary N) is 1. The van der Waals surface area contributed by atoms with E-state index in [1.54, 1.807) is 0 Å². The van der Waals surface area contributed by atoms with Gasteiger partial charge in [0.2, 0.25) is 5.95 Å². The Bertz CT molecular complexity index is 539. The second-order valence-electron chi connectivity index (χ2n) is 5.04. The fraction of sp³-hybridized carbons (Fsp3) is 0.538. The lowest BCUT2D eigenvalue weighted by atomic mass is 9.97. The molecule has 0 aromatic carbocycles. The molecular weight excluding hydrogens is 226 g/mol. The van der Waals surface area contributed by atoms with Crippen LogP contribution in [0.3, 0.4) is 0 Å². The van der Waals surface area contributed by atoms with Crippen molar-refractivity contribution in [2.75, 3.05) is 24.5 Å². The molecule has 0 atom stereocenters. The fourth-order valence-corrected chi connectivity index (χ4v) is 2.53. The van der Waals surface area contributed by atoms with E-state index in [9.17, 15) is 0 Å². The summed E-state index contributed by atoms with van der Waals surface area (Å²) in [6, 6.07) is 4.07. The zero-order valence-corrected chi connectivity index (χ0v) is 10.7. The Hall–Kier alpha value is -1.62. The minimum Gasteiger partial charge on any atom is -0.339 e. The largest absolute Gasteiger partial charge is 0.339 e. The van der Waals surface area contributed by atoms with Crippen LogP contribution in [0.25, 0.3) is 5.65 Å². The third-order valence-electron chi connectivity index (χ3n) is 3.78. The van der Waals surface area contributed by atoms with Gasteiger partial charge in [-0.2, -0.15) is 4.98 Å². The summed E-state index contributed by atoms with van der Waals surface area (Å²) in [4.78, 5) is 6.90. The Kier molecular flexibility index (Phi) is 2.91. The summed E-state index contributed by atoms with van der Waals surface area (Å²) in [5, 5.41) is 4.55. The Morgan fingerprint density at radius 2 is 2.17 bits per heavy atom. The first-order valence-corrected chi connectivity index (χ1v) is 6.55. The van der Waals surface area contributed by atoms with Crippen molar-refractivity contribution in [1.29, 1.82) is 0 Å². The zero-order valence-electron chi connectivity index (χ0n) is 10.7. The van der Waals surface area contributed by atoms with Gasteiger partial charge in [0.15, 0.2) is 5.65 Å². The highest BCUT2D eigenvalue weighted by molar-refractivity contribution is 5.50. The summed E-state index contributed by atoms with van der Waals surface area (Å²) >= 11 is 0. The number of aromatic nitrogens is 3. The first-order valence-electron chi connectivity index (χ1n) is 6.55. The molecule has 1 fully saturated rings. The third-order valence-corrected chi connectivity index (χ3v) is 3.78. The molecule has 3 rings (SSSR count). The summed E-state index contributed by atoms with van der Waals surface area (Å²) in [7, 11) is 0. The predicted molar refractivity (Wildman–Crippen MR) is 71.7 cm³/mol. The normalized spacial score (nSPS) is 17.6. The standard InChI is InChI=1S/C13H19N5/c1-10-3-2-6-18-12(10)15-13(16-18)17-7-4-11(9-14)5-8-17/h2-3,6,11H,4-5,7-9,14H2,1H3. The van der Waals surface area contributed by atoms with Gasteiger partial charge in [-0.1, -0.05) is 6.07 Å². The van der Waals surface area contributed by atoms with Crippen molar-refractivity contribution in [2.24, 2.45) is 11.7 Å². The number of piperidine rings is 1. The lowest BCUT2D eigenvalue weighted by molar-refractivity contribution is 0.411. The highest BCUT2D eigenvalue weighted by Crippen LogP contribution is 2.21. The summed E-state index contributed by atoms with van der Waals surface area (Å²) < 4.78 is 1.86. The van der Waals surface area contributed by atoms with Crippen molar-refractivity contribution < 1.29 is 0 Å². The molecule has 5 heteroatoms. The van der Waals surface area contributed by atoms with Crippen molar-refractivity contribution in [2.45, 2.75) is 19.8 Å². The minimum atomic E-state index is 0.667. The number of rotatable bonds is 2. The number of anilines is 1. The van der Waals surface area contributed by atoms with Crippen LogP contribution in [0.15, 0.2) is 18.3 Å². The van der Waals surface area contributed by atoms with E-state index in [-0.39, 0.29) is 0 Å². The maximum Gasteiger partial charge on any atom is 0.245 e. The van der Waals surface area contributed by atoms with Gasteiger partial charge in [0, 0.05) is 19.3 Å². The monoisotopic (exact) mass is 245 g/mol. The van der Waals surface area contributed by atoms with Crippen molar-refractivity contribution in [3.63, 3.8) is 0 Å². The van der Waals surface area contributed by atoms with Crippen LogP contribution in [-0.2, 0) is 0 Å². The number of hydrogen-bond donors (Lipinski definition) is 1. The quantitative estimate of drug-likeness (QED) is 0.864. The molecule has 0 radical (unpaired) electrons. The summed E-state index contributed by atoms with van der Waals surface area (Å²) in [5.74, 6) is 1.51. The average molecular weight is 245 g/mol. The Balaban J connectivity index is 1.85. The molecule has 5 nitrogen and oxygen atoms in total. The van der Waals surface area contributed by atoms with E-state index < -0.39 is 0 Å². The Morgan fingerprint density at radius 1 is 1.39 bits per heavy atom. The molecule has 1 aliphatic heterocycles. The average Bonchev–Trinajstić information content (AvgIpc) is 2.84. The van der Waals surface area contributed by atoms with E-state index in [0.717, 1.165) is 49.6 Å².